The van der Waals surface area contributed by atoms with Crippen LogP contribution in [0.1, 0.15) is 19.8 Å². The summed E-state index contributed by atoms with van der Waals surface area (Å²) in [4.78, 5) is 10.6. The smallest absolute Gasteiger partial charge is 0.439 e. The summed E-state index contributed by atoms with van der Waals surface area (Å²) < 4.78 is 45.2. The Hall–Kier alpha value is -1.08. The summed E-state index contributed by atoms with van der Waals surface area (Å²) in [5.41, 5.74) is 0. The fraction of sp³-hybridized carbons (Fsp3) is 0.700. The molecule has 1 N–H and O–H groups in total. The highest BCUT2D eigenvalue weighted by Gasteiger charge is 2.41. The van der Waals surface area contributed by atoms with E-state index < -0.39 is 30.6 Å². The van der Waals surface area contributed by atoms with Gasteiger partial charge in [0, 0.05) is 6.92 Å². The Kier molecular flexibility index (Phi) is 4.53. The molecule has 0 aromatic carbocycles. The molecular formula is C10H13F3O4. The maximum absolute atomic E-state index is 12.0. The number of aliphatic hydroxyl groups is 1. The summed E-state index contributed by atoms with van der Waals surface area (Å²) in [7, 11) is 0. The second-order valence-corrected chi connectivity index (χ2v) is 3.68. The normalized spacial score (nSPS) is 26.6. The first-order chi connectivity index (χ1) is 7.79. The number of ether oxygens (including phenoxy) is 2. The molecule has 0 aliphatic heterocycles. The van der Waals surface area contributed by atoms with Gasteiger partial charge < -0.3 is 14.6 Å². The number of carbonyl (C=O) groups is 1. The molecule has 0 bridgehead atoms. The number of esters is 1. The Balaban J connectivity index is 2.43. The van der Waals surface area contributed by atoms with Crippen LogP contribution in [-0.2, 0) is 14.3 Å². The first kappa shape index (κ1) is 14.0. The fourth-order valence-corrected chi connectivity index (χ4v) is 1.44. The molecule has 17 heavy (non-hydrogen) atoms. The van der Waals surface area contributed by atoms with Gasteiger partial charge in [0.25, 0.3) is 6.29 Å². The molecule has 0 spiro atoms. The van der Waals surface area contributed by atoms with Crippen LogP contribution in [0.4, 0.5) is 13.2 Å². The van der Waals surface area contributed by atoms with Gasteiger partial charge in [-0.2, -0.15) is 13.2 Å². The standard InChI is InChI=1S/C10H13F3O4/c1-6(14)16-7-2-4-8(5-3-7)17-9(15)10(11,12)13/h2,4,7-9,15H,3,5H2,1H3/t7-,8-,9?/m1/s1. The summed E-state index contributed by atoms with van der Waals surface area (Å²) in [5.74, 6) is -0.450. The molecule has 1 aliphatic rings. The number of hydrogen-bond acceptors (Lipinski definition) is 4. The van der Waals surface area contributed by atoms with Gasteiger partial charge >= 0.3 is 12.1 Å². The average molecular weight is 254 g/mol. The molecule has 0 amide bonds. The van der Waals surface area contributed by atoms with Crippen LogP contribution in [0.2, 0.25) is 0 Å². The second-order valence-electron chi connectivity index (χ2n) is 3.68. The van der Waals surface area contributed by atoms with E-state index in [-0.39, 0.29) is 6.42 Å². The molecule has 0 heterocycles. The van der Waals surface area contributed by atoms with Crippen LogP contribution >= 0.6 is 0 Å². The van der Waals surface area contributed by atoms with E-state index in [1.165, 1.54) is 19.1 Å². The van der Waals surface area contributed by atoms with Crippen LogP contribution < -0.4 is 0 Å². The molecule has 98 valence electrons. The zero-order valence-electron chi connectivity index (χ0n) is 9.11. The van der Waals surface area contributed by atoms with Crippen molar-refractivity contribution in [2.24, 2.45) is 0 Å². The van der Waals surface area contributed by atoms with Crippen molar-refractivity contribution in [3.8, 4) is 0 Å². The molecule has 0 saturated heterocycles. The van der Waals surface area contributed by atoms with E-state index >= 15 is 0 Å². The molecule has 1 aliphatic carbocycles. The first-order valence-corrected chi connectivity index (χ1v) is 5.05. The van der Waals surface area contributed by atoms with Crippen molar-refractivity contribution in [2.75, 3.05) is 0 Å². The third-order valence-electron chi connectivity index (χ3n) is 2.18. The van der Waals surface area contributed by atoms with E-state index in [1.54, 1.807) is 0 Å². The van der Waals surface area contributed by atoms with Crippen molar-refractivity contribution in [2.45, 2.75) is 44.4 Å². The Morgan fingerprint density at radius 3 is 2.29 bits per heavy atom. The molecule has 1 rings (SSSR count). The van der Waals surface area contributed by atoms with Crippen LogP contribution in [0.15, 0.2) is 12.2 Å². The lowest BCUT2D eigenvalue weighted by atomic mass is 10.0. The Labute approximate surface area is 96.0 Å². The van der Waals surface area contributed by atoms with Crippen molar-refractivity contribution >= 4 is 5.97 Å². The largest absolute Gasteiger partial charge is 0.458 e. The number of alkyl halides is 3. The SMILES string of the molecule is CC(=O)O[C@@H]1C=C[C@@H](OC(O)C(F)(F)F)CC1. The predicted octanol–water partition coefficient (Wildman–Crippen LogP) is 1.53. The van der Waals surface area contributed by atoms with E-state index in [9.17, 15) is 18.0 Å². The fourth-order valence-electron chi connectivity index (χ4n) is 1.44. The first-order valence-electron chi connectivity index (χ1n) is 5.05. The monoisotopic (exact) mass is 254 g/mol. The summed E-state index contributed by atoms with van der Waals surface area (Å²) in [6.07, 6.45) is -5.41. The quantitative estimate of drug-likeness (QED) is 0.471. The van der Waals surface area contributed by atoms with E-state index in [4.69, 9.17) is 9.84 Å². The molecule has 4 nitrogen and oxygen atoms in total. The van der Waals surface area contributed by atoms with Crippen molar-refractivity contribution in [3.63, 3.8) is 0 Å². The topological polar surface area (TPSA) is 55.8 Å². The lowest BCUT2D eigenvalue weighted by Crippen LogP contribution is -2.35. The Morgan fingerprint density at radius 1 is 1.35 bits per heavy atom. The average Bonchev–Trinajstić information content (AvgIpc) is 2.18. The third kappa shape index (κ3) is 4.74. The van der Waals surface area contributed by atoms with Crippen molar-refractivity contribution in [3.05, 3.63) is 12.2 Å². The van der Waals surface area contributed by atoms with Crippen LogP contribution in [0, 0.1) is 0 Å². The molecule has 7 heteroatoms. The summed E-state index contributed by atoms with van der Waals surface area (Å²) in [6.45, 7) is 1.25. The van der Waals surface area contributed by atoms with Crippen LogP contribution in [0.5, 0.6) is 0 Å². The van der Waals surface area contributed by atoms with Gasteiger partial charge in [0.1, 0.15) is 6.10 Å². The molecule has 0 aromatic heterocycles. The molecular weight excluding hydrogens is 241 g/mol. The van der Waals surface area contributed by atoms with Crippen LogP contribution in [-0.4, -0.2) is 35.8 Å². The highest BCUT2D eigenvalue weighted by molar-refractivity contribution is 5.66. The van der Waals surface area contributed by atoms with Gasteiger partial charge in [0.2, 0.25) is 0 Å². The van der Waals surface area contributed by atoms with Gasteiger partial charge in [-0.15, -0.1) is 0 Å². The number of rotatable bonds is 3. The summed E-state index contributed by atoms with van der Waals surface area (Å²) in [6, 6.07) is 0. The van der Waals surface area contributed by atoms with E-state index in [0.717, 1.165) is 0 Å². The van der Waals surface area contributed by atoms with E-state index in [0.29, 0.717) is 6.42 Å². The molecule has 0 aromatic rings. The van der Waals surface area contributed by atoms with E-state index in [2.05, 4.69) is 4.74 Å². The lowest BCUT2D eigenvalue weighted by molar-refractivity contribution is -0.302. The molecule has 3 atom stereocenters. The third-order valence-corrected chi connectivity index (χ3v) is 2.18. The van der Waals surface area contributed by atoms with Crippen molar-refractivity contribution in [1.29, 1.82) is 0 Å². The van der Waals surface area contributed by atoms with Crippen LogP contribution in [0.25, 0.3) is 0 Å². The molecule has 0 radical (unpaired) electrons. The minimum Gasteiger partial charge on any atom is -0.458 e. The minimum absolute atomic E-state index is 0.252. The van der Waals surface area contributed by atoms with Gasteiger partial charge in [-0.25, -0.2) is 0 Å². The highest BCUT2D eigenvalue weighted by Crippen LogP contribution is 2.25. The van der Waals surface area contributed by atoms with Crippen molar-refractivity contribution < 1.29 is 32.5 Å². The number of hydrogen-bond donors (Lipinski definition) is 1. The number of carbonyl (C=O) groups excluding carboxylic acids is 1. The molecule has 1 unspecified atom stereocenters. The molecule has 0 fully saturated rings. The zero-order valence-corrected chi connectivity index (χ0v) is 9.11. The van der Waals surface area contributed by atoms with Gasteiger partial charge in [0.15, 0.2) is 0 Å². The second kappa shape index (κ2) is 5.50. The lowest BCUT2D eigenvalue weighted by Gasteiger charge is -2.25. The van der Waals surface area contributed by atoms with Gasteiger partial charge in [0.05, 0.1) is 6.10 Å². The maximum atomic E-state index is 12.0. The Morgan fingerprint density at radius 2 is 1.88 bits per heavy atom. The van der Waals surface area contributed by atoms with Gasteiger partial charge in [-0.3, -0.25) is 4.79 Å². The number of halogens is 3. The summed E-state index contributed by atoms with van der Waals surface area (Å²) in [5, 5.41) is 8.68. The predicted molar refractivity (Wildman–Crippen MR) is 50.9 cm³/mol. The number of aliphatic hydroxyl groups excluding tert-OH is 1. The molecule has 0 saturated carbocycles. The van der Waals surface area contributed by atoms with Gasteiger partial charge in [-0.05, 0) is 18.9 Å². The maximum Gasteiger partial charge on any atom is 0.439 e. The zero-order chi connectivity index (χ0) is 13.1. The Bertz CT molecular complexity index is 300. The summed E-state index contributed by atoms with van der Waals surface area (Å²) >= 11 is 0. The highest BCUT2D eigenvalue weighted by atomic mass is 19.4. The minimum atomic E-state index is -4.79. The van der Waals surface area contributed by atoms with Crippen molar-refractivity contribution in [1.82, 2.24) is 0 Å². The van der Waals surface area contributed by atoms with Crippen LogP contribution in [0.3, 0.4) is 0 Å². The van der Waals surface area contributed by atoms with E-state index in [1.807, 2.05) is 0 Å². The van der Waals surface area contributed by atoms with Gasteiger partial charge in [-0.1, -0.05) is 6.08 Å².